The summed E-state index contributed by atoms with van der Waals surface area (Å²) in [5.41, 5.74) is 0.831. The van der Waals surface area contributed by atoms with Gasteiger partial charge in [-0.25, -0.2) is 0 Å². The number of amides is 1. The number of hydrogen-bond acceptors (Lipinski definition) is 4. The molecule has 1 aliphatic carbocycles. The van der Waals surface area contributed by atoms with Crippen LogP contribution in [0.25, 0.3) is 0 Å². The average Bonchev–Trinajstić information content (AvgIpc) is 3.38. The maximum atomic E-state index is 12.7. The summed E-state index contributed by atoms with van der Waals surface area (Å²) < 4.78 is 2.05. The molecule has 1 amide bonds. The van der Waals surface area contributed by atoms with Gasteiger partial charge in [0.2, 0.25) is 5.91 Å². The second-order valence-electron chi connectivity index (χ2n) is 6.67. The largest absolute Gasteiger partial charge is 0.349 e. The van der Waals surface area contributed by atoms with Crippen molar-refractivity contribution in [3.8, 4) is 0 Å². The van der Waals surface area contributed by atoms with E-state index in [0.29, 0.717) is 22.5 Å². The van der Waals surface area contributed by atoms with Gasteiger partial charge in [-0.3, -0.25) is 4.79 Å². The lowest BCUT2D eigenvalue weighted by Crippen LogP contribution is -2.33. The number of nitrogens with one attached hydrogen (secondary N) is 1. The molecule has 1 aromatic heterocycles. The van der Waals surface area contributed by atoms with Gasteiger partial charge < -0.3 is 9.88 Å². The van der Waals surface area contributed by atoms with Crippen molar-refractivity contribution in [2.45, 2.75) is 55.6 Å². The third kappa shape index (κ3) is 4.86. The van der Waals surface area contributed by atoms with Crippen LogP contribution < -0.4 is 5.32 Å². The topological polar surface area (TPSA) is 59.8 Å². The zero-order valence-electron chi connectivity index (χ0n) is 15.3. The van der Waals surface area contributed by atoms with E-state index < -0.39 is 0 Å². The van der Waals surface area contributed by atoms with Crippen LogP contribution in [0.1, 0.15) is 50.0 Å². The van der Waals surface area contributed by atoms with E-state index in [9.17, 15) is 4.79 Å². The summed E-state index contributed by atoms with van der Waals surface area (Å²) in [5, 5.41) is 13.1. The maximum Gasteiger partial charge on any atom is 0.233 e. The van der Waals surface area contributed by atoms with Gasteiger partial charge >= 0.3 is 0 Å². The first-order valence-electron chi connectivity index (χ1n) is 8.86. The summed E-state index contributed by atoms with van der Waals surface area (Å²) in [6, 6.07) is 5.05. The number of allylic oxidation sites excluding steroid dienone is 1. The highest BCUT2D eigenvalue weighted by Crippen LogP contribution is 2.40. The third-order valence-corrected chi connectivity index (χ3v) is 6.08. The van der Waals surface area contributed by atoms with Gasteiger partial charge in [0.05, 0.1) is 11.3 Å². The van der Waals surface area contributed by atoms with Crippen LogP contribution in [0, 0.1) is 0 Å². The predicted molar refractivity (Wildman–Crippen MR) is 111 cm³/mol. The van der Waals surface area contributed by atoms with Crippen molar-refractivity contribution in [1.29, 1.82) is 0 Å². The fourth-order valence-electron chi connectivity index (χ4n) is 2.80. The molecule has 2 aromatic rings. The number of hydrogen-bond donors (Lipinski definition) is 1. The molecule has 1 N–H and O–H groups in total. The Labute approximate surface area is 173 Å². The Bertz CT molecular complexity index is 850. The van der Waals surface area contributed by atoms with Crippen LogP contribution in [-0.4, -0.2) is 25.9 Å². The molecule has 1 aromatic carbocycles. The molecule has 0 saturated heterocycles. The standard InChI is InChI=1S/C19H22Cl2N4OS/c1-4-9-25-17(13-5-6-13)23-24-19(25)27-12(3)18(26)22-11(2)15-8-7-14(20)10-16(15)21/h4,7-8,10-13H,1,5-6,9H2,2-3H3,(H,22,26). The summed E-state index contributed by atoms with van der Waals surface area (Å²) in [6.45, 7) is 8.22. The molecule has 1 saturated carbocycles. The first-order chi connectivity index (χ1) is 12.9. The average molecular weight is 425 g/mol. The van der Waals surface area contributed by atoms with E-state index in [4.69, 9.17) is 23.2 Å². The molecule has 0 bridgehead atoms. The number of benzene rings is 1. The zero-order valence-corrected chi connectivity index (χ0v) is 17.6. The highest BCUT2D eigenvalue weighted by atomic mass is 35.5. The van der Waals surface area contributed by atoms with E-state index in [0.717, 1.165) is 29.4 Å². The number of thioether (sulfide) groups is 1. The van der Waals surface area contributed by atoms with Crippen LogP contribution in [-0.2, 0) is 11.3 Å². The third-order valence-electron chi connectivity index (χ3n) is 4.44. The van der Waals surface area contributed by atoms with Crippen molar-refractivity contribution in [2.24, 2.45) is 0 Å². The molecule has 0 spiro atoms. The number of carbonyl (C=O) groups is 1. The summed E-state index contributed by atoms with van der Waals surface area (Å²) in [6.07, 6.45) is 4.12. The second kappa shape index (κ2) is 8.67. The molecule has 0 radical (unpaired) electrons. The van der Waals surface area contributed by atoms with E-state index >= 15 is 0 Å². The fraction of sp³-hybridized carbons (Fsp3) is 0.421. The minimum Gasteiger partial charge on any atom is -0.349 e. The minimum atomic E-state index is -0.321. The highest BCUT2D eigenvalue weighted by Gasteiger charge is 2.31. The lowest BCUT2D eigenvalue weighted by molar-refractivity contribution is -0.120. The van der Waals surface area contributed by atoms with Gasteiger partial charge in [0.15, 0.2) is 5.16 Å². The van der Waals surface area contributed by atoms with E-state index in [1.165, 1.54) is 11.8 Å². The Morgan fingerprint density at radius 1 is 1.41 bits per heavy atom. The lowest BCUT2D eigenvalue weighted by Gasteiger charge is -2.19. The molecule has 8 heteroatoms. The Kier molecular flexibility index (Phi) is 6.50. The highest BCUT2D eigenvalue weighted by molar-refractivity contribution is 8.00. The Morgan fingerprint density at radius 3 is 2.78 bits per heavy atom. The van der Waals surface area contributed by atoms with Gasteiger partial charge in [-0.1, -0.05) is 47.1 Å². The number of carbonyl (C=O) groups excluding carboxylic acids is 1. The fourth-order valence-corrected chi connectivity index (χ4v) is 4.25. The van der Waals surface area contributed by atoms with Crippen molar-refractivity contribution in [1.82, 2.24) is 20.1 Å². The maximum absolute atomic E-state index is 12.7. The molecule has 27 heavy (non-hydrogen) atoms. The van der Waals surface area contributed by atoms with Gasteiger partial charge in [0.1, 0.15) is 5.82 Å². The zero-order chi connectivity index (χ0) is 19.6. The predicted octanol–water partition coefficient (Wildman–Crippen LogP) is 5.01. The van der Waals surface area contributed by atoms with Gasteiger partial charge in [0, 0.05) is 22.5 Å². The molecular formula is C19H22Cl2N4OS. The van der Waals surface area contributed by atoms with E-state index in [-0.39, 0.29) is 17.2 Å². The van der Waals surface area contributed by atoms with Crippen molar-refractivity contribution < 1.29 is 4.79 Å². The van der Waals surface area contributed by atoms with Gasteiger partial charge in [-0.05, 0) is 44.4 Å². The Balaban J connectivity index is 1.66. The molecule has 1 fully saturated rings. The molecular weight excluding hydrogens is 403 g/mol. The molecule has 2 atom stereocenters. The van der Waals surface area contributed by atoms with Crippen LogP contribution in [0.5, 0.6) is 0 Å². The second-order valence-corrected chi connectivity index (χ2v) is 8.82. The smallest absolute Gasteiger partial charge is 0.233 e. The lowest BCUT2D eigenvalue weighted by atomic mass is 10.1. The molecule has 5 nitrogen and oxygen atoms in total. The Morgan fingerprint density at radius 2 is 2.15 bits per heavy atom. The normalized spacial score (nSPS) is 16.0. The SMILES string of the molecule is C=CCn1c(SC(C)C(=O)NC(C)c2ccc(Cl)cc2Cl)nnc1C1CC1. The molecule has 0 aliphatic heterocycles. The van der Waals surface area contributed by atoms with Crippen molar-refractivity contribution in [3.05, 3.63) is 52.3 Å². The summed E-state index contributed by atoms with van der Waals surface area (Å²) in [5.74, 6) is 1.40. The van der Waals surface area contributed by atoms with Crippen LogP contribution in [0.3, 0.4) is 0 Å². The first-order valence-corrected chi connectivity index (χ1v) is 10.5. The number of rotatable bonds is 8. The molecule has 1 aliphatic rings. The minimum absolute atomic E-state index is 0.0837. The van der Waals surface area contributed by atoms with Gasteiger partial charge in [-0.15, -0.1) is 16.8 Å². The van der Waals surface area contributed by atoms with Crippen molar-refractivity contribution in [3.63, 3.8) is 0 Å². The van der Waals surface area contributed by atoms with Crippen molar-refractivity contribution in [2.75, 3.05) is 0 Å². The Hall–Kier alpha value is -1.50. The van der Waals surface area contributed by atoms with Crippen LogP contribution in [0.4, 0.5) is 0 Å². The van der Waals surface area contributed by atoms with E-state index in [1.807, 2.05) is 26.0 Å². The summed E-state index contributed by atoms with van der Waals surface area (Å²) in [4.78, 5) is 12.7. The van der Waals surface area contributed by atoms with E-state index in [1.54, 1.807) is 12.1 Å². The number of aromatic nitrogens is 3. The van der Waals surface area contributed by atoms with E-state index in [2.05, 4.69) is 26.7 Å². The molecule has 144 valence electrons. The number of nitrogens with zero attached hydrogens (tertiary/aromatic N) is 3. The molecule has 2 unspecified atom stereocenters. The van der Waals surface area contributed by atoms with Crippen LogP contribution in [0.15, 0.2) is 36.0 Å². The summed E-state index contributed by atoms with van der Waals surface area (Å²) >= 11 is 13.6. The quantitative estimate of drug-likeness (QED) is 0.477. The monoisotopic (exact) mass is 424 g/mol. The van der Waals surface area contributed by atoms with Gasteiger partial charge in [-0.2, -0.15) is 0 Å². The van der Waals surface area contributed by atoms with Crippen LogP contribution in [0.2, 0.25) is 10.0 Å². The van der Waals surface area contributed by atoms with Crippen molar-refractivity contribution >= 4 is 40.9 Å². The molecule has 1 heterocycles. The molecule has 3 rings (SSSR count). The summed E-state index contributed by atoms with van der Waals surface area (Å²) in [7, 11) is 0. The first kappa shape index (κ1) is 20.2. The van der Waals surface area contributed by atoms with Gasteiger partial charge in [0.25, 0.3) is 0 Å². The van der Waals surface area contributed by atoms with Crippen LogP contribution >= 0.6 is 35.0 Å². The number of halogens is 2.